The summed E-state index contributed by atoms with van der Waals surface area (Å²) in [5.41, 5.74) is 13.3. The summed E-state index contributed by atoms with van der Waals surface area (Å²) in [6.45, 7) is 5.00. The lowest BCUT2D eigenvalue weighted by atomic mass is 10.00. The van der Waals surface area contributed by atoms with E-state index in [2.05, 4.69) is 194 Å². The minimum absolute atomic E-state index is 0.951. The quantitative estimate of drug-likeness (QED) is 0.168. The van der Waals surface area contributed by atoms with Crippen molar-refractivity contribution in [3.05, 3.63) is 164 Å². The zero-order chi connectivity index (χ0) is 36.3. The molecular formula is C50H39NOSSi. The van der Waals surface area contributed by atoms with Gasteiger partial charge in [-0.1, -0.05) is 122 Å². The summed E-state index contributed by atoms with van der Waals surface area (Å²) in [6, 6.07) is 61.0. The summed E-state index contributed by atoms with van der Waals surface area (Å²) in [7, 11) is -3.27. The van der Waals surface area contributed by atoms with Gasteiger partial charge in [0.05, 0.1) is 0 Å². The molecule has 11 rings (SSSR count). The fraction of sp³-hybridized carbons (Fsp3) is 0.0800. The number of nitrogens with zero attached hydrogens (tertiary/aromatic N) is 1. The predicted octanol–water partition coefficient (Wildman–Crippen LogP) is 13.1. The minimum atomic E-state index is -2.08. The minimum Gasteiger partial charge on any atom is -0.455 e. The standard InChI is InChI=1S/C50H39NOSSi/c1-53(2)45-19-10-8-17-40(45)41-24-22-37(30-46(41)53)51(36-15-11-14-34(29-36)35-21-20-32-12-5-6-13-33(32)28-35)38-23-25-43-48(31-38)54(3,4)47-27-26-42-39-16-7-9-18-44(39)52-50(42)49(43)47/h5-31H,1-4H3. The molecule has 8 aromatic carbocycles. The topological polar surface area (TPSA) is 16.4 Å². The molecule has 0 atom stereocenters. The van der Waals surface area contributed by atoms with Crippen molar-refractivity contribution < 1.29 is 4.42 Å². The Balaban J connectivity index is 1.11. The average Bonchev–Trinajstić information content (AvgIpc) is 3.77. The van der Waals surface area contributed by atoms with Crippen molar-refractivity contribution in [3.8, 4) is 33.4 Å². The Hall–Kier alpha value is -5.81. The Morgan fingerprint density at radius 1 is 0.481 bits per heavy atom. The van der Waals surface area contributed by atoms with Gasteiger partial charge in [0.2, 0.25) is 0 Å². The van der Waals surface area contributed by atoms with Crippen LogP contribution in [0.15, 0.2) is 178 Å². The van der Waals surface area contributed by atoms with Gasteiger partial charge < -0.3 is 9.32 Å². The molecule has 4 heteroatoms. The highest BCUT2D eigenvalue weighted by Gasteiger charge is 2.40. The first-order valence-corrected chi connectivity index (χ1v) is 24.2. The number of rotatable bonds is 4. The van der Waals surface area contributed by atoms with Gasteiger partial charge in [-0.25, -0.2) is 0 Å². The highest BCUT2D eigenvalue weighted by atomic mass is 32.3. The van der Waals surface area contributed by atoms with E-state index in [1.54, 1.807) is 0 Å². The summed E-state index contributed by atoms with van der Waals surface area (Å²) in [4.78, 5) is 5.42. The zero-order valence-electron chi connectivity index (χ0n) is 30.9. The molecule has 2 aliphatic rings. The van der Waals surface area contributed by atoms with E-state index in [-0.39, 0.29) is 0 Å². The molecule has 0 radical (unpaired) electrons. The van der Waals surface area contributed by atoms with Crippen LogP contribution >= 0.6 is 10.0 Å². The van der Waals surface area contributed by atoms with Gasteiger partial charge in [0.1, 0.15) is 19.2 Å². The van der Waals surface area contributed by atoms with E-state index in [0.717, 1.165) is 16.9 Å². The summed E-state index contributed by atoms with van der Waals surface area (Å²) < 4.78 is 6.65. The molecule has 0 saturated carbocycles. The number of furan rings is 1. The van der Waals surface area contributed by atoms with Crippen molar-refractivity contribution in [2.45, 2.75) is 22.9 Å². The molecule has 0 N–H and O–H groups in total. The second kappa shape index (κ2) is 11.3. The highest BCUT2D eigenvalue weighted by Crippen LogP contribution is 2.67. The molecule has 9 aromatic rings. The maximum atomic E-state index is 6.65. The Bertz CT molecular complexity index is 3030. The third-order valence-electron chi connectivity index (χ3n) is 12.1. The number of benzene rings is 8. The van der Waals surface area contributed by atoms with Gasteiger partial charge in [-0.15, -0.1) is 0 Å². The Labute approximate surface area is 318 Å². The molecule has 0 amide bonds. The van der Waals surface area contributed by atoms with E-state index >= 15 is 0 Å². The van der Waals surface area contributed by atoms with Crippen LogP contribution in [0.25, 0.3) is 66.1 Å². The summed E-state index contributed by atoms with van der Waals surface area (Å²) in [6.07, 6.45) is 4.90. The third kappa shape index (κ3) is 4.47. The molecule has 0 unspecified atom stereocenters. The Morgan fingerprint density at radius 2 is 1.19 bits per heavy atom. The smallest absolute Gasteiger partial charge is 0.143 e. The fourth-order valence-electron chi connectivity index (χ4n) is 9.32. The van der Waals surface area contributed by atoms with E-state index in [9.17, 15) is 0 Å². The molecule has 260 valence electrons. The van der Waals surface area contributed by atoms with Crippen molar-refractivity contribution in [1.29, 1.82) is 0 Å². The van der Waals surface area contributed by atoms with Gasteiger partial charge in [-0.2, -0.15) is 10.0 Å². The van der Waals surface area contributed by atoms with Gasteiger partial charge in [0, 0.05) is 43.2 Å². The Kier molecular flexibility index (Phi) is 6.66. The first-order chi connectivity index (χ1) is 26.3. The molecule has 0 fully saturated rings. The molecule has 54 heavy (non-hydrogen) atoms. The van der Waals surface area contributed by atoms with E-state index in [0.29, 0.717) is 0 Å². The molecular weight excluding hydrogens is 691 g/mol. The van der Waals surface area contributed by atoms with Crippen LogP contribution < -0.4 is 15.3 Å². The maximum Gasteiger partial charge on any atom is 0.143 e. The van der Waals surface area contributed by atoms with E-state index < -0.39 is 18.1 Å². The number of para-hydroxylation sites is 1. The average molecular weight is 730 g/mol. The van der Waals surface area contributed by atoms with Crippen LogP contribution in [0, 0.1) is 0 Å². The zero-order valence-corrected chi connectivity index (χ0v) is 32.7. The second-order valence-corrected chi connectivity index (χ2v) is 23.6. The van der Waals surface area contributed by atoms with Crippen LogP contribution in [0.1, 0.15) is 0 Å². The highest BCUT2D eigenvalue weighted by molar-refractivity contribution is 8.33. The SMILES string of the molecule is C[Si]1(C)c2cc(N(c3cccc(-c4ccc5ccccc5c4)c3)c3ccc4c(c3)S(C)(C)c3ccccc3-4)ccc2-c2c1ccc1c2oc2ccccc21. The normalized spacial score (nSPS) is 15.2. The predicted molar refractivity (Wildman–Crippen MR) is 235 cm³/mol. The van der Waals surface area contributed by atoms with Gasteiger partial charge in [-0.3, -0.25) is 0 Å². The van der Waals surface area contributed by atoms with Gasteiger partial charge in [-0.05, 0) is 116 Å². The molecule has 3 heterocycles. The number of hydrogen-bond donors (Lipinski definition) is 0. The van der Waals surface area contributed by atoms with E-state index in [4.69, 9.17) is 4.42 Å². The van der Waals surface area contributed by atoms with Crippen molar-refractivity contribution >= 4 is 78.2 Å². The molecule has 2 nitrogen and oxygen atoms in total. The number of fused-ring (bicyclic) bond motifs is 11. The molecule has 0 spiro atoms. The van der Waals surface area contributed by atoms with Crippen LogP contribution in [0.4, 0.5) is 17.1 Å². The van der Waals surface area contributed by atoms with Crippen LogP contribution in [-0.4, -0.2) is 20.6 Å². The number of anilines is 3. The van der Waals surface area contributed by atoms with Crippen LogP contribution in [-0.2, 0) is 0 Å². The molecule has 0 bridgehead atoms. The van der Waals surface area contributed by atoms with Crippen molar-refractivity contribution in [1.82, 2.24) is 0 Å². The van der Waals surface area contributed by atoms with Crippen LogP contribution in [0.3, 0.4) is 0 Å². The van der Waals surface area contributed by atoms with E-state index in [1.165, 1.54) is 86.5 Å². The summed E-state index contributed by atoms with van der Waals surface area (Å²) in [5, 5.41) is 7.80. The summed E-state index contributed by atoms with van der Waals surface area (Å²) >= 11 is 0. The fourth-order valence-corrected chi connectivity index (χ4v) is 14.9. The lowest BCUT2D eigenvalue weighted by Gasteiger charge is -2.31. The van der Waals surface area contributed by atoms with Gasteiger partial charge >= 0.3 is 0 Å². The first-order valence-electron chi connectivity index (χ1n) is 18.7. The van der Waals surface area contributed by atoms with E-state index in [1.807, 2.05) is 0 Å². The molecule has 0 saturated heterocycles. The van der Waals surface area contributed by atoms with Crippen molar-refractivity contribution in [2.75, 3.05) is 17.4 Å². The third-order valence-corrected chi connectivity index (χ3v) is 18.5. The van der Waals surface area contributed by atoms with Crippen molar-refractivity contribution in [2.24, 2.45) is 0 Å². The largest absolute Gasteiger partial charge is 0.455 e. The van der Waals surface area contributed by atoms with Gasteiger partial charge in [0.25, 0.3) is 0 Å². The van der Waals surface area contributed by atoms with Gasteiger partial charge in [0.15, 0.2) is 0 Å². The molecule has 0 aliphatic carbocycles. The molecule has 2 aliphatic heterocycles. The first kappa shape index (κ1) is 31.7. The monoisotopic (exact) mass is 729 g/mol. The lowest BCUT2D eigenvalue weighted by molar-refractivity contribution is 0.670. The number of hydrogen-bond acceptors (Lipinski definition) is 2. The maximum absolute atomic E-state index is 6.65. The Morgan fingerprint density at radius 3 is 2.07 bits per heavy atom. The van der Waals surface area contributed by atoms with Crippen LogP contribution in [0.2, 0.25) is 13.1 Å². The molecule has 1 aromatic heterocycles. The van der Waals surface area contributed by atoms with Crippen LogP contribution in [0.5, 0.6) is 0 Å². The second-order valence-electron chi connectivity index (χ2n) is 15.8. The van der Waals surface area contributed by atoms with Crippen molar-refractivity contribution in [3.63, 3.8) is 0 Å². The lowest BCUT2D eigenvalue weighted by Crippen LogP contribution is -2.49. The summed E-state index contributed by atoms with van der Waals surface area (Å²) in [5.74, 6) is 0.